The van der Waals surface area contributed by atoms with Gasteiger partial charge in [0.25, 0.3) is 0 Å². The molecule has 6 heteroatoms. The Morgan fingerprint density at radius 2 is 2.21 bits per heavy atom. The highest BCUT2D eigenvalue weighted by Gasteiger charge is 2.18. The minimum Gasteiger partial charge on any atom is -0.382 e. The number of nitrogens with two attached hydrogens (primary N) is 1. The molecule has 0 radical (unpaired) electrons. The zero-order valence-corrected chi connectivity index (χ0v) is 7.56. The van der Waals surface area contributed by atoms with Crippen molar-refractivity contribution in [3.63, 3.8) is 0 Å². The molecule has 72 valence electrons. The average Bonchev–Trinajstić information content (AvgIpc) is 2.48. The molecule has 1 saturated heterocycles. The van der Waals surface area contributed by atoms with E-state index in [0.29, 0.717) is 22.9 Å². The van der Waals surface area contributed by atoms with Crippen LogP contribution in [0.2, 0.25) is 0 Å². The van der Waals surface area contributed by atoms with Crippen molar-refractivity contribution in [1.82, 2.24) is 19.9 Å². The van der Waals surface area contributed by atoms with E-state index in [2.05, 4.69) is 24.8 Å². The molecule has 0 bridgehead atoms. The summed E-state index contributed by atoms with van der Waals surface area (Å²) < 4.78 is 0. The number of anilines is 2. The molecular weight excluding hydrogens is 180 g/mol. The van der Waals surface area contributed by atoms with Crippen LogP contribution in [-0.2, 0) is 0 Å². The number of rotatable bonds is 1. The Morgan fingerprint density at radius 3 is 2.93 bits per heavy atom. The Balaban J connectivity index is 2.16. The van der Waals surface area contributed by atoms with E-state index in [1.807, 2.05) is 0 Å². The lowest BCUT2D eigenvalue weighted by molar-refractivity contribution is 0.602. The summed E-state index contributed by atoms with van der Waals surface area (Å²) in [5.41, 5.74) is 7.12. The maximum atomic E-state index is 5.77. The number of hydrogen-bond donors (Lipinski definition) is 2. The van der Waals surface area contributed by atoms with E-state index in [0.717, 1.165) is 13.1 Å². The number of nitrogens with zero attached hydrogens (tertiary/aromatic N) is 4. The Hall–Kier alpha value is -1.85. The second-order valence-electron chi connectivity index (χ2n) is 3.35. The highest BCUT2D eigenvalue weighted by atomic mass is 15.3. The van der Waals surface area contributed by atoms with Gasteiger partial charge in [-0.05, 0) is 6.42 Å². The van der Waals surface area contributed by atoms with Crippen LogP contribution in [0.4, 0.5) is 11.8 Å². The minimum absolute atomic E-state index is 0.467. The third-order valence-corrected chi connectivity index (χ3v) is 2.44. The molecule has 0 amide bonds. The van der Waals surface area contributed by atoms with Crippen LogP contribution in [0.3, 0.4) is 0 Å². The number of H-pyrrole nitrogens is 1. The summed E-state index contributed by atoms with van der Waals surface area (Å²) in [6.45, 7) is 2.02. The van der Waals surface area contributed by atoms with E-state index in [1.165, 1.54) is 6.42 Å². The summed E-state index contributed by atoms with van der Waals surface area (Å²) in [5.74, 6) is 1.16. The first-order valence-corrected chi connectivity index (χ1v) is 4.56. The van der Waals surface area contributed by atoms with Crippen LogP contribution in [-0.4, -0.2) is 33.0 Å². The predicted octanol–water partition coefficient (Wildman–Crippen LogP) is 0.145. The lowest BCUT2D eigenvalue weighted by atomic mass is 10.2. The molecule has 0 atom stereocenters. The summed E-state index contributed by atoms with van der Waals surface area (Å²) in [5, 5.41) is 0. The Bertz CT molecular complexity index is 472. The number of nitrogen functional groups attached to an aromatic ring is 1. The molecule has 1 aliphatic heterocycles. The van der Waals surface area contributed by atoms with Crippen molar-refractivity contribution in [2.24, 2.45) is 0 Å². The van der Waals surface area contributed by atoms with Gasteiger partial charge in [0.05, 0.1) is 6.33 Å². The van der Waals surface area contributed by atoms with Gasteiger partial charge in [-0.15, -0.1) is 0 Å². The minimum atomic E-state index is 0.467. The van der Waals surface area contributed by atoms with Crippen molar-refractivity contribution >= 4 is 22.9 Å². The lowest BCUT2D eigenvalue weighted by Gasteiger charge is -2.30. The zero-order chi connectivity index (χ0) is 9.54. The van der Waals surface area contributed by atoms with Gasteiger partial charge >= 0.3 is 0 Å². The molecule has 0 saturated carbocycles. The molecule has 0 aromatic carbocycles. The molecule has 3 heterocycles. The van der Waals surface area contributed by atoms with E-state index in [-0.39, 0.29) is 0 Å². The maximum absolute atomic E-state index is 5.77. The van der Waals surface area contributed by atoms with Crippen molar-refractivity contribution in [2.45, 2.75) is 6.42 Å². The zero-order valence-electron chi connectivity index (χ0n) is 7.56. The van der Waals surface area contributed by atoms with Gasteiger partial charge in [0, 0.05) is 13.1 Å². The van der Waals surface area contributed by atoms with E-state index in [4.69, 9.17) is 5.73 Å². The second-order valence-corrected chi connectivity index (χ2v) is 3.35. The summed E-state index contributed by atoms with van der Waals surface area (Å²) in [6.07, 6.45) is 2.78. The number of hydrogen-bond acceptors (Lipinski definition) is 5. The van der Waals surface area contributed by atoms with E-state index in [9.17, 15) is 0 Å². The van der Waals surface area contributed by atoms with Crippen LogP contribution < -0.4 is 10.6 Å². The fraction of sp³-hybridized carbons (Fsp3) is 0.375. The maximum Gasteiger partial charge on any atom is 0.229 e. The normalized spacial score (nSPS) is 15.9. The van der Waals surface area contributed by atoms with Crippen LogP contribution in [0.1, 0.15) is 6.42 Å². The predicted molar refractivity (Wildman–Crippen MR) is 52.9 cm³/mol. The molecule has 14 heavy (non-hydrogen) atoms. The van der Waals surface area contributed by atoms with Gasteiger partial charge in [-0.1, -0.05) is 0 Å². The highest BCUT2D eigenvalue weighted by molar-refractivity contribution is 5.82. The smallest absolute Gasteiger partial charge is 0.229 e. The number of imidazole rings is 1. The Labute approximate surface area is 80.2 Å². The average molecular weight is 190 g/mol. The molecule has 1 aliphatic rings. The first-order valence-electron chi connectivity index (χ1n) is 4.56. The van der Waals surface area contributed by atoms with Gasteiger partial charge in [0.1, 0.15) is 5.52 Å². The van der Waals surface area contributed by atoms with Gasteiger partial charge < -0.3 is 15.6 Å². The topological polar surface area (TPSA) is 83.7 Å². The van der Waals surface area contributed by atoms with Crippen LogP contribution in [0.5, 0.6) is 0 Å². The largest absolute Gasteiger partial charge is 0.382 e. The van der Waals surface area contributed by atoms with Crippen molar-refractivity contribution in [3.8, 4) is 0 Å². The van der Waals surface area contributed by atoms with Crippen LogP contribution in [0.15, 0.2) is 6.33 Å². The monoisotopic (exact) mass is 190 g/mol. The standard InChI is InChI=1S/C8H10N6/c9-6-5-7(11-4-10-5)13-8(12-6)14-2-1-3-14/h4H,1-3H2,(H3,9,10,11,12,13). The van der Waals surface area contributed by atoms with Gasteiger partial charge in [0.15, 0.2) is 11.5 Å². The van der Waals surface area contributed by atoms with Gasteiger partial charge in [0.2, 0.25) is 5.95 Å². The summed E-state index contributed by atoms with van der Waals surface area (Å²) in [4.78, 5) is 17.6. The molecule has 3 rings (SSSR count). The lowest BCUT2D eigenvalue weighted by Crippen LogP contribution is -2.38. The third kappa shape index (κ3) is 0.935. The molecule has 0 spiro atoms. The fourth-order valence-electron chi connectivity index (χ4n) is 1.50. The highest BCUT2D eigenvalue weighted by Crippen LogP contribution is 2.20. The van der Waals surface area contributed by atoms with Crippen molar-refractivity contribution in [3.05, 3.63) is 6.33 Å². The molecule has 2 aromatic heterocycles. The number of aromatic amines is 1. The van der Waals surface area contributed by atoms with Crippen LogP contribution in [0.25, 0.3) is 11.2 Å². The number of fused-ring (bicyclic) bond motifs is 1. The van der Waals surface area contributed by atoms with Crippen molar-refractivity contribution in [2.75, 3.05) is 23.7 Å². The quantitative estimate of drug-likeness (QED) is 0.668. The molecule has 2 aromatic rings. The molecule has 0 aliphatic carbocycles. The first kappa shape index (κ1) is 7.54. The first-order chi connectivity index (χ1) is 6.84. The molecule has 1 fully saturated rings. The molecule has 0 unspecified atom stereocenters. The van der Waals surface area contributed by atoms with E-state index < -0.39 is 0 Å². The van der Waals surface area contributed by atoms with Crippen molar-refractivity contribution in [1.29, 1.82) is 0 Å². The van der Waals surface area contributed by atoms with E-state index >= 15 is 0 Å². The summed E-state index contributed by atoms with van der Waals surface area (Å²) in [7, 11) is 0. The molecule has 6 nitrogen and oxygen atoms in total. The van der Waals surface area contributed by atoms with E-state index in [1.54, 1.807) is 6.33 Å². The number of nitrogens with one attached hydrogen (secondary N) is 1. The Morgan fingerprint density at radius 1 is 1.36 bits per heavy atom. The Kier molecular flexibility index (Phi) is 1.38. The van der Waals surface area contributed by atoms with Gasteiger partial charge in [-0.2, -0.15) is 9.97 Å². The van der Waals surface area contributed by atoms with Gasteiger partial charge in [-0.3, -0.25) is 0 Å². The molecule has 3 N–H and O–H groups in total. The summed E-state index contributed by atoms with van der Waals surface area (Å²) >= 11 is 0. The third-order valence-electron chi connectivity index (χ3n) is 2.44. The molecular formula is C8H10N6. The summed E-state index contributed by atoms with van der Waals surface area (Å²) in [6, 6.07) is 0. The second kappa shape index (κ2) is 2.57. The van der Waals surface area contributed by atoms with Gasteiger partial charge in [-0.25, -0.2) is 4.98 Å². The van der Waals surface area contributed by atoms with Crippen molar-refractivity contribution < 1.29 is 0 Å². The number of aromatic nitrogens is 4. The SMILES string of the molecule is Nc1nc(N2CCC2)nc2nc[nH]c12. The van der Waals surface area contributed by atoms with Crippen LogP contribution in [0, 0.1) is 0 Å². The fourth-order valence-corrected chi connectivity index (χ4v) is 1.50. The van der Waals surface area contributed by atoms with Crippen LogP contribution >= 0.6 is 0 Å².